The molecule has 4 aromatic carbocycles. The van der Waals surface area contributed by atoms with Gasteiger partial charge < -0.3 is 0 Å². The average molecular weight is 559 g/mol. The molecule has 4 heteroatoms. The van der Waals surface area contributed by atoms with Gasteiger partial charge in [0.2, 0.25) is 11.4 Å². The molecule has 1 heterocycles. The summed E-state index contributed by atoms with van der Waals surface area (Å²) < 4.78 is 30.0. The minimum atomic E-state index is -3.44. The summed E-state index contributed by atoms with van der Waals surface area (Å²) in [6.45, 7) is 4.09. The molecule has 0 aliphatic heterocycles. The second-order valence-electron chi connectivity index (χ2n) is 11.3. The second-order valence-corrected chi connectivity index (χ2v) is 13.5. The van der Waals surface area contributed by atoms with Gasteiger partial charge in [0, 0.05) is 35.7 Å². The Balaban J connectivity index is 1.53. The summed E-state index contributed by atoms with van der Waals surface area (Å²) in [5.74, 6) is 0.0985. The van der Waals surface area contributed by atoms with Gasteiger partial charge in [0.05, 0.1) is 10.1 Å². The first-order valence-corrected chi connectivity index (χ1v) is 16.0. The van der Waals surface area contributed by atoms with Crippen LogP contribution >= 0.6 is 0 Å². The van der Waals surface area contributed by atoms with Crippen molar-refractivity contribution in [2.45, 2.75) is 55.6 Å². The highest BCUT2D eigenvalue weighted by atomic mass is 32.2. The number of rotatable bonds is 6. The lowest BCUT2D eigenvalue weighted by Gasteiger charge is -2.28. The van der Waals surface area contributed by atoms with E-state index in [0.29, 0.717) is 17.7 Å². The number of hydrogen-bond donors (Lipinski definition) is 0. The Bertz CT molecular complexity index is 1740. The molecule has 0 amide bonds. The van der Waals surface area contributed by atoms with E-state index in [2.05, 4.69) is 96.4 Å². The van der Waals surface area contributed by atoms with Crippen LogP contribution in [0.3, 0.4) is 0 Å². The van der Waals surface area contributed by atoms with Gasteiger partial charge in [0.25, 0.3) is 0 Å². The third-order valence-electron chi connectivity index (χ3n) is 8.40. The summed E-state index contributed by atoms with van der Waals surface area (Å²) in [6.07, 6.45) is 3.14. The Hall–Kier alpha value is -4.02. The summed E-state index contributed by atoms with van der Waals surface area (Å²) in [7, 11) is -3.44. The molecule has 1 aromatic heterocycles. The molecule has 0 saturated heterocycles. The number of benzene rings is 4. The van der Waals surface area contributed by atoms with E-state index < -0.39 is 15.1 Å². The van der Waals surface area contributed by atoms with Gasteiger partial charge >= 0.3 is 0 Å². The van der Waals surface area contributed by atoms with E-state index in [9.17, 15) is 8.42 Å². The molecule has 206 valence electrons. The number of hydrogen-bond acceptors (Lipinski definition) is 2. The zero-order valence-corrected chi connectivity index (χ0v) is 24.5. The van der Waals surface area contributed by atoms with Crippen molar-refractivity contribution in [1.29, 1.82) is 0 Å². The van der Waals surface area contributed by atoms with Crippen LogP contribution in [0.1, 0.15) is 48.4 Å². The molecular weight excluding hydrogens is 522 g/mol. The van der Waals surface area contributed by atoms with Crippen molar-refractivity contribution < 1.29 is 13.0 Å². The minimum absolute atomic E-state index is 0.0985. The third kappa shape index (κ3) is 5.62. The molecule has 2 atom stereocenters. The molecule has 0 radical (unpaired) electrons. The first-order valence-electron chi connectivity index (χ1n) is 14.5. The monoisotopic (exact) mass is 558 g/mol. The van der Waals surface area contributed by atoms with Gasteiger partial charge in [-0.3, -0.25) is 0 Å². The van der Waals surface area contributed by atoms with Gasteiger partial charge in [0.1, 0.15) is 0 Å². The Labute approximate surface area is 244 Å². The number of sulfone groups is 1. The summed E-state index contributed by atoms with van der Waals surface area (Å²) in [5, 5.41) is -0.406. The van der Waals surface area contributed by atoms with Crippen molar-refractivity contribution in [2.75, 3.05) is 0 Å². The molecule has 6 rings (SSSR count). The fraction of sp³-hybridized carbons (Fsp3) is 0.216. The zero-order chi connectivity index (χ0) is 28.4. The molecule has 2 unspecified atom stereocenters. The fourth-order valence-electron chi connectivity index (χ4n) is 6.13. The molecule has 0 spiro atoms. The zero-order valence-electron chi connectivity index (χ0n) is 23.7. The van der Waals surface area contributed by atoms with Gasteiger partial charge in [-0.15, -0.1) is 0 Å². The number of aromatic nitrogens is 1. The molecule has 0 bridgehead atoms. The van der Waals surface area contributed by atoms with E-state index in [0.717, 1.165) is 52.2 Å². The quantitative estimate of drug-likeness (QED) is 0.196. The molecular formula is C37H36NO2S+. The van der Waals surface area contributed by atoms with E-state index in [-0.39, 0.29) is 5.92 Å². The predicted octanol–water partition coefficient (Wildman–Crippen LogP) is 8.41. The lowest BCUT2D eigenvalue weighted by Crippen LogP contribution is -2.41. The van der Waals surface area contributed by atoms with Crippen LogP contribution in [0.2, 0.25) is 0 Å². The molecule has 1 aliphatic rings. The lowest BCUT2D eigenvalue weighted by atomic mass is 9.84. The van der Waals surface area contributed by atoms with Crippen molar-refractivity contribution in [3.8, 4) is 28.1 Å². The summed E-state index contributed by atoms with van der Waals surface area (Å²) in [5.41, 5.74) is 9.07. The van der Waals surface area contributed by atoms with Crippen LogP contribution in [-0.4, -0.2) is 13.7 Å². The molecule has 1 saturated carbocycles. The lowest BCUT2D eigenvalue weighted by molar-refractivity contribution is -0.594. The van der Waals surface area contributed by atoms with Gasteiger partial charge in [0.15, 0.2) is 15.5 Å². The standard InChI is InChI=1S/C37H36NO2S/c1-27-16-20-33(21-17-27)38-36(30-12-7-4-8-13-30)25-32(29-10-5-3-6-11-29)26-37(38)31-14-9-15-35(24-31)41(39,40)34-22-18-28(2)19-23-34/h3-8,10-13,16-23,25-26,31,35H,9,14-15,24H2,1-2H3/q+1. The molecule has 1 fully saturated rings. The van der Waals surface area contributed by atoms with Gasteiger partial charge in [-0.1, -0.05) is 90.3 Å². The number of pyridine rings is 1. The van der Waals surface area contributed by atoms with Crippen LogP contribution in [0.5, 0.6) is 0 Å². The summed E-state index contributed by atoms with van der Waals surface area (Å²) in [4.78, 5) is 0.433. The van der Waals surface area contributed by atoms with Crippen LogP contribution in [0.25, 0.3) is 28.1 Å². The Morgan fingerprint density at radius 3 is 1.85 bits per heavy atom. The highest BCUT2D eigenvalue weighted by molar-refractivity contribution is 7.92. The van der Waals surface area contributed by atoms with Crippen molar-refractivity contribution in [3.63, 3.8) is 0 Å². The number of aryl methyl sites for hydroxylation is 2. The van der Waals surface area contributed by atoms with Gasteiger partial charge in [-0.25, -0.2) is 8.42 Å². The Morgan fingerprint density at radius 1 is 0.634 bits per heavy atom. The van der Waals surface area contributed by atoms with Crippen molar-refractivity contribution >= 4 is 9.84 Å². The van der Waals surface area contributed by atoms with Crippen molar-refractivity contribution in [3.05, 3.63) is 138 Å². The number of nitrogens with zero attached hydrogens (tertiary/aromatic N) is 1. The van der Waals surface area contributed by atoms with Crippen LogP contribution in [0, 0.1) is 13.8 Å². The second kappa shape index (κ2) is 11.5. The molecule has 0 N–H and O–H groups in total. The van der Waals surface area contributed by atoms with Gasteiger partial charge in [-0.05, 0) is 68.5 Å². The Kier molecular flexibility index (Phi) is 7.59. The minimum Gasteiger partial charge on any atom is -0.223 e. The van der Waals surface area contributed by atoms with Crippen molar-refractivity contribution in [1.82, 2.24) is 0 Å². The van der Waals surface area contributed by atoms with Gasteiger partial charge in [-0.2, -0.15) is 4.57 Å². The van der Waals surface area contributed by atoms with E-state index in [1.54, 1.807) is 12.1 Å². The predicted molar refractivity (Wildman–Crippen MR) is 167 cm³/mol. The van der Waals surface area contributed by atoms with E-state index in [1.165, 1.54) is 5.56 Å². The van der Waals surface area contributed by atoms with E-state index in [4.69, 9.17) is 0 Å². The smallest absolute Gasteiger partial charge is 0.219 e. The maximum atomic E-state index is 13.8. The highest BCUT2D eigenvalue weighted by Gasteiger charge is 2.38. The maximum absolute atomic E-state index is 13.8. The van der Waals surface area contributed by atoms with E-state index in [1.807, 2.05) is 31.2 Å². The molecule has 41 heavy (non-hydrogen) atoms. The Morgan fingerprint density at radius 2 is 1.22 bits per heavy atom. The topological polar surface area (TPSA) is 38.0 Å². The third-order valence-corrected chi connectivity index (χ3v) is 10.6. The molecule has 3 nitrogen and oxygen atoms in total. The average Bonchev–Trinajstić information content (AvgIpc) is 3.02. The molecule has 1 aliphatic carbocycles. The fourth-order valence-corrected chi connectivity index (χ4v) is 8.00. The van der Waals surface area contributed by atoms with Crippen molar-refractivity contribution in [2.24, 2.45) is 0 Å². The first kappa shape index (κ1) is 27.2. The van der Waals surface area contributed by atoms with E-state index >= 15 is 0 Å². The van der Waals surface area contributed by atoms with Crippen LogP contribution in [0.15, 0.2) is 126 Å². The highest BCUT2D eigenvalue weighted by Crippen LogP contribution is 2.39. The summed E-state index contributed by atoms with van der Waals surface area (Å²) >= 11 is 0. The first-order chi connectivity index (χ1) is 19.9. The van der Waals surface area contributed by atoms with Crippen LogP contribution in [-0.2, 0) is 9.84 Å². The normalized spacial score (nSPS) is 17.3. The SMILES string of the molecule is Cc1ccc(-[n+]2c(-c3ccccc3)cc(-c3ccccc3)cc2C2CCCC(S(=O)(=O)c3ccc(C)cc3)C2)cc1. The summed E-state index contributed by atoms with van der Waals surface area (Å²) in [6, 6.07) is 41.6. The van der Waals surface area contributed by atoms with Crippen LogP contribution in [0.4, 0.5) is 0 Å². The van der Waals surface area contributed by atoms with Crippen LogP contribution < -0.4 is 4.57 Å². The maximum Gasteiger partial charge on any atom is 0.219 e. The largest absolute Gasteiger partial charge is 0.223 e. The molecule has 5 aromatic rings.